The molecule has 0 aliphatic heterocycles. The molecular formula is C47H72OP2. The van der Waals surface area contributed by atoms with Crippen molar-refractivity contribution in [3.8, 4) is 0 Å². The highest BCUT2D eigenvalue weighted by Crippen LogP contribution is 2.47. The summed E-state index contributed by atoms with van der Waals surface area (Å²) in [6.07, 6.45) is 3.33. The van der Waals surface area contributed by atoms with Gasteiger partial charge in [-0.1, -0.05) is 193 Å². The van der Waals surface area contributed by atoms with Gasteiger partial charge in [-0.25, -0.2) is 0 Å². The average Bonchev–Trinajstić information content (AvgIpc) is 2.95. The van der Waals surface area contributed by atoms with Crippen molar-refractivity contribution in [2.75, 3.05) is 6.16 Å². The Bertz CT molecular complexity index is 1560. The minimum absolute atomic E-state index is 0.0278. The summed E-state index contributed by atoms with van der Waals surface area (Å²) >= 11 is 0. The Morgan fingerprint density at radius 2 is 0.920 bits per heavy atom. The molecule has 0 saturated carbocycles. The van der Waals surface area contributed by atoms with Crippen molar-refractivity contribution >= 4 is 32.4 Å². The van der Waals surface area contributed by atoms with Gasteiger partial charge in [0.15, 0.2) is 0 Å². The molecule has 3 aromatic carbocycles. The van der Waals surface area contributed by atoms with E-state index in [-0.39, 0.29) is 32.5 Å². The summed E-state index contributed by atoms with van der Waals surface area (Å²) < 4.78 is 7.73. The fourth-order valence-corrected chi connectivity index (χ4v) is 10.9. The molecule has 0 bridgehead atoms. The quantitative estimate of drug-likeness (QED) is 0.211. The zero-order chi connectivity index (χ0) is 38.3. The molecule has 0 saturated heterocycles. The first-order valence-corrected chi connectivity index (χ1v) is 21.4. The zero-order valence-electron chi connectivity index (χ0n) is 35.6. The SMILES string of the molecule is CCCC[P@@](OC(=Pc1c(C(C)(C)C)cc(C(C)(C)C)cc1C(C)(C)C)c1ccccc1)c1c(C(C)(C)C)cc(C(C)(C)C)cc1C(C)(C)C. The highest BCUT2D eigenvalue weighted by Gasteiger charge is 2.35. The smallest absolute Gasteiger partial charge is 0.114 e. The molecule has 0 aliphatic rings. The van der Waals surface area contributed by atoms with Crippen molar-refractivity contribution in [1.29, 1.82) is 0 Å². The minimum Gasteiger partial charge on any atom is -0.314 e. The lowest BCUT2D eigenvalue weighted by molar-refractivity contribution is 0.550. The average molecular weight is 715 g/mol. The number of benzene rings is 3. The summed E-state index contributed by atoms with van der Waals surface area (Å²) in [5.74, 6) is 0. The highest BCUT2D eigenvalue weighted by molar-refractivity contribution is 7.63. The zero-order valence-corrected chi connectivity index (χ0v) is 37.4. The standard InChI is InChI=1S/C47H72OP2/c1-20-21-27-50(40-37(46(14,15)16)30-34(43(5,6)7)31-38(40)47(17,18)19)48-41(32-25-23-22-24-26-32)49-39-35(44(8,9)10)28-33(42(2,3)4)29-36(39)45(11,12)13/h22-26,28-31H,20-21,27H2,1-19H3/t50-/m1/s1. The topological polar surface area (TPSA) is 9.23 Å². The molecule has 1 nitrogen and oxygen atoms in total. The Morgan fingerprint density at radius 1 is 0.540 bits per heavy atom. The molecular weight excluding hydrogens is 642 g/mol. The fraction of sp³-hybridized carbons (Fsp3) is 0.596. The molecule has 3 aromatic rings. The Morgan fingerprint density at radius 3 is 1.26 bits per heavy atom. The summed E-state index contributed by atoms with van der Waals surface area (Å²) in [5.41, 5.74) is 10.8. The van der Waals surface area contributed by atoms with Gasteiger partial charge >= 0.3 is 0 Å². The van der Waals surface area contributed by atoms with Crippen LogP contribution in [0.3, 0.4) is 0 Å². The van der Waals surface area contributed by atoms with Crippen LogP contribution in [-0.4, -0.2) is 11.6 Å². The first-order valence-electron chi connectivity index (χ1n) is 19.1. The van der Waals surface area contributed by atoms with E-state index in [4.69, 9.17) is 4.52 Å². The molecule has 0 N–H and O–H groups in total. The summed E-state index contributed by atoms with van der Waals surface area (Å²) in [4.78, 5) is 0. The number of rotatable bonds is 8. The molecule has 0 fully saturated rings. The summed E-state index contributed by atoms with van der Waals surface area (Å²) in [6.45, 7) is 45.0. The number of hydrogen-bond acceptors (Lipinski definition) is 1. The van der Waals surface area contributed by atoms with Gasteiger partial charge in [0.25, 0.3) is 0 Å². The van der Waals surface area contributed by atoms with E-state index in [0.29, 0.717) is 0 Å². The maximum Gasteiger partial charge on any atom is 0.114 e. The molecule has 0 aromatic heterocycles. The lowest BCUT2D eigenvalue weighted by atomic mass is 9.75. The van der Waals surface area contributed by atoms with Crippen LogP contribution in [0.4, 0.5) is 0 Å². The van der Waals surface area contributed by atoms with Gasteiger partial charge in [-0.2, -0.15) is 0 Å². The van der Waals surface area contributed by atoms with Gasteiger partial charge in [-0.3, -0.25) is 0 Å². The maximum atomic E-state index is 7.73. The van der Waals surface area contributed by atoms with Crippen LogP contribution in [0.2, 0.25) is 0 Å². The fourth-order valence-electron chi connectivity index (χ4n) is 6.24. The van der Waals surface area contributed by atoms with Crippen molar-refractivity contribution in [2.24, 2.45) is 0 Å². The molecule has 0 unspecified atom stereocenters. The predicted molar refractivity (Wildman–Crippen MR) is 230 cm³/mol. The van der Waals surface area contributed by atoms with E-state index >= 15 is 0 Å². The Labute approximate surface area is 312 Å². The summed E-state index contributed by atoms with van der Waals surface area (Å²) in [6, 6.07) is 21.0. The van der Waals surface area contributed by atoms with Crippen LogP contribution < -0.4 is 10.6 Å². The van der Waals surface area contributed by atoms with E-state index in [2.05, 4.69) is 186 Å². The van der Waals surface area contributed by atoms with E-state index in [1.54, 1.807) is 0 Å². The van der Waals surface area contributed by atoms with E-state index in [0.717, 1.165) is 32.7 Å². The monoisotopic (exact) mass is 715 g/mol. The molecule has 1 atom stereocenters. The van der Waals surface area contributed by atoms with Crippen molar-refractivity contribution in [1.82, 2.24) is 0 Å². The van der Waals surface area contributed by atoms with E-state index in [9.17, 15) is 0 Å². The van der Waals surface area contributed by atoms with Gasteiger partial charge in [0.05, 0.1) is 8.15 Å². The van der Waals surface area contributed by atoms with Gasteiger partial charge in [0, 0.05) is 16.2 Å². The third-order valence-corrected chi connectivity index (χ3v) is 13.1. The van der Waals surface area contributed by atoms with Crippen LogP contribution in [0.1, 0.15) is 183 Å². The third-order valence-electron chi connectivity index (χ3n) is 9.58. The van der Waals surface area contributed by atoms with Crippen molar-refractivity contribution in [2.45, 2.75) is 177 Å². The first-order chi connectivity index (χ1) is 22.6. The van der Waals surface area contributed by atoms with E-state index in [1.807, 2.05) is 0 Å². The minimum atomic E-state index is -0.983. The second-order valence-corrected chi connectivity index (χ2v) is 23.6. The van der Waals surface area contributed by atoms with Gasteiger partial charge in [0.2, 0.25) is 0 Å². The molecule has 50 heavy (non-hydrogen) atoms. The van der Waals surface area contributed by atoms with Crippen LogP contribution in [0.5, 0.6) is 0 Å². The molecule has 0 spiro atoms. The Hall–Kier alpha value is -1.78. The summed E-state index contributed by atoms with van der Waals surface area (Å²) in [5, 5.41) is 2.86. The first kappa shape index (κ1) is 42.6. The van der Waals surface area contributed by atoms with Crippen molar-refractivity contribution in [3.05, 3.63) is 93.5 Å². The van der Waals surface area contributed by atoms with Gasteiger partial charge in [-0.05, 0) is 86.7 Å². The maximum absolute atomic E-state index is 7.73. The highest BCUT2D eigenvalue weighted by atomic mass is 31.1. The third kappa shape index (κ3) is 10.6. The van der Waals surface area contributed by atoms with Crippen LogP contribution >= 0.6 is 16.4 Å². The molecule has 276 valence electrons. The van der Waals surface area contributed by atoms with Crippen LogP contribution in [0, 0.1) is 0 Å². The van der Waals surface area contributed by atoms with E-state index in [1.165, 1.54) is 49.6 Å². The van der Waals surface area contributed by atoms with E-state index < -0.39 is 8.15 Å². The lowest BCUT2D eigenvalue weighted by Crippen LogP contribution is -2.33. The largest absolute Gasteiger partial charge is 0.314 e. The summed E-state index contributed by atoms with van der Waals surface area (Å²) in [7, 11) is 0.155. The lowest BCUT2D eigenvalue weighted by Gasteiger charge is -2.36. The van der Waals surface area contributed by atoms with Crippen molar-refractivity contribution < 1.29 is 4.52 Å². The predicted octanol–water partition coefficient (Wildman–Crippen LogP) is 13.8. The molecule has 0 radical (unpaired) electrons. The molecule has 3 rings (SSSR count). The Balaban J connectivity index is 2.53. The van der Waals surface area contributed by atoms with Crippen LogP contribution in [0.25, 0.3) is 0 Å². The second kappa shape index (κ2) is 15.3. The molecule has 0 amide bonds. The van der Waals surface area contributed by atoms with Gasteiger partial charge < -0.3 is 4.52 Å². The normalized spacial score (nSPS) is 14.7. The molecule has 3 heteroatoms. The number of unbranched alkanes of at least 4 members (excludes halogenated alkanes) is 1. The Kier molecular flexibility index (Phi) is 13.0. The number of hydrogen-bond donors (Lipinski definition) is 0. The molecule has 0 aliphatic carbocycles. The van der Waals surface area contributed by atoms with Gasteiger partial charge in [-0.15, -0.1) is 0 Å². The van der Waals surface area contributed by atoms with Crippen LogP contribution in [-0.2, 0) is 37.0 Å². The second-order valence-electron chi connectivity index (χ2n) is 20.7. The van der Waals surface area contributed by atoms with Crippen LogP contribution in [0.15, 0.2) is 54.6 Å². The van der Waals surface area contributed by atoms with Gasteiger partial charge in [0.1, 0.15) is 5.48 Å². The van der Waals surface area contributed by atoms with Crippen molar-refractivity contribution in [3.63, 3.8) is 0 Å². The molecule has 0 heterocycles.